The minimum atomic E-state index is -0.380. The maximum Gasteiger partial charge on any atom is 0.125 e. The number of hydrogen-bond donors (Lipinski definition) is 2. The van der Waals surface area contributed by atoms with E-state index >= 15 is 0 Å². The van der Waals surface area contributed by atoms with Gasteiger partial charge >= 0.3 is 0 Å². The standard InChI is InChI=1S/C7H11NO2/c1-5-2-3-10-7(5)6(8)4-9/h2-3,6,9H,4,8H2,1H3/t6-/m0/s1. The Balaban J connectivity index is 2.82. The first-order chi connectivity index (χ1) is 4.75. The van der Waals surface area contributed by atoms with Gasteiger partial charge in [-0.05, 0) is 18.6 Å². The van der Waals surface area contributed by atoms with Crippen LogP contribution in [0.5, 0.6) is 0 Å². The van der Waals surface area contributed by atoms with Gasteiger partial charge in [-0.2, -0.15) is 0 Å². The quantitative estimate of drug-likeness (QED) is 0.633. The Hall–Kier alpha value is -0.800. The van der Waals surface area contributed by atoms with Crippen molar-refractivity contribution < 1.29 is 9.52 Å². The smallest absolute Gasteiger partial charge is 0.125 e. The van der Waals surface area contributed by atoms with Gasteiger partial charge in [0.2, 0.25) is 0 Å². The van der Waals surface area contributed by atoms with E-state index in [1.165, 1.54) is 0 Å². The van der Waals surface area contributed by atoms with Gasteiger partial charge in [0.25, 0.3) is 0 Å². The third-order valence-electron chi connectivity index (χ3n) is 1.44. The number of aliphatic hydroxyl groups excluding tert-OH is 1. The van der Waals surface area contributed by atoms with Crippen LogP contribution < -0.4 is 5.73 Å². The monoisotopic (exact) mass is 141 g/mol. The SMILES string of the molecule is Cc1ccoc1[C@@H](N)CO. The summed E-state index contributed by atoms with van der Waals surface area (Å²) in [4.78, 5) is 0. The van der Waals surface area contributed by atoms with Crippen molar-refractivity contribution in [1.82, 2.24) is 0 Å². The van der Waals surface area contributed by atoms with Crippen LogP contribution in [0.3, 0.4) is 0 Å². The third-order valence-corrected chi connectivity index (χ3v) is 1.44. The number of rotatable bonds is 2. The van der Waals surface area contributed by atoms with Crippen molar-refractivity contribution in [1.29, 1.82) is 0 Å². The van der Waals surface area contributed by atoms with Crippen molar-refractivity contribution in [2.75, 3.05) is 6.61 Å². The van der Waals surface area contributed by atoms with Crippen LogP contribution in [-0.4, -0.2) is 11.7 Å². The van der Waals surface area contributed by atoms with E-state index in [4.69, 9.17) is 15.3 Å². The summed E-state index contributed by atoms with van der Waals surface area (Å²) < 4.78 is 5.03. The summed E-state index contributed by atoms with van der Waals surface area (Å²) >= 11 is 0. The predicted octanol–water partition coefficient (Wildman–Crippen LogP) is 0.580. The van der Waals surface area contributed by atoms with E-state index in [9.17, 15) is 0 Å². The highest BCUT2D eigenvalue weighted by atomic mass is 16.3. The van der Waals surface area contributed by atoms with Gasteiger partial charge in [-0.3, -0.25) is 0 Å². The topological polar surface area (TPSA) is 59.4 Å². The molecule has 1 aromatic rings. The van der Waals surface area contributed by atoms with Crippen LogP contribution in [0.25, 0.3) is 0 Å². The van der Waals surface area contributed by atoms with Crippen molar-refractivity contribution in [2.45, 2.75) is 13.0 Å². The van der Waals surface area contributed by atoms with E-state index in [2.05, 4.69) is 0 Å². The van der Waals surface area contributed by atoms with Crippen molar-refractivity contribution >= 4 is 0 Å². The molecule has 0 fully saturated rings. The minimum Gasteiger partial charge on any atom is -0.467 e. The molecule has 56 valence electrons. The fraction of sp³-hybridized carbons (Fsp3) is 0.429. The molecular formula is C7H11NO2. The Bertz CT molecular complexity index is 207. The van der Waals surface area contributed by atoms with Crippen LogP contribution in [0.15, 0.2) is 16.7 Å². The molecule has 0 unspecified atom stereocenters. The number of aliphatic hydroxyl groups is 1. The van der Waals surface area contributed by atoms with E-state index < -0.39 is 0 Å². The molecule has 0 saturated carbocycles. The molecule has 0 amide bonds. The molecule has 0 aliphatic rings. The summed E-state index contributed by atoms with van der Waals surface area (Å²) in [6.45, 7) is 1.82. The van der Waals surface area contributed by atoms with Gasteiger partial charge in [-0.15, -0.1) is 0 Å². The zero-order valence-electron chi connectivity index (χ0n) is 5.87. The molecule has 10 heavy (non-hydrogen) atoms. The highest BCUT2D eigenvalue weighted by Gasteiger charge is 2.09. The van der Waals surface area contributed by atoms with E-state index in [0.29, 0.717) is 5.76 Å². The van der Waals surface area contributed by atoms with Gasteiger partial charge in [0.15, 0.2) is 0 Å². The molecule has 0 saturated heterocycles. The molecular weight excluding hydrogens is 130 g/mol. The van der Waals surface area contributed by atoms with Crippen LogP contribution in [0, 0.1) is 6.92 Å². The molecule has 0 aliphatic heterocycles. The number of hydrogen-bond acceptors (Lipinski definition) is 3. The van der Waals surface area contributed by atoms with E-state index in [-0.39, 0.29) is 12.6 Å². The van der Waals surface area contributed by atoms with Gasteiger partial charge in [0.1, 0.15) is 5.76 Å². The first kappa shape index (κ1) is 7.31. The lowest BCUT2D eigenvalue weighted by Gasteiger charge is -2.04. The number of aryl methyl sites for hydroxylation is 1. The summed E-state index contributed by atoms with van der Waals surface area (Å²) in [7, 11) is 0. The summed E-state index contributed by atoms with van der Waals surface area (Å²) in [5.74, 6) is 0.669. The van der Waals surface area contributed by atoms with E-state index in [1.807, 2.05) is 13.0 Å². The maximum absolute atomic E-state index is 8.65. The second-order valence-electron chi connectivity index (χ2n) is 2.26. The number of nitrogens with two attached hydrogens (primary N) is 1. The van der Waals surface area contributed by atoms with Gasteiger partial charge < -0.3 is 15.3 Å². The maximum atomic E-state index is 8.65. The summed E-state index contributed by atoms with van der Waals surface area (Å²) in [5, 5.41) is 8.65. The molecule has 0 aromatic carbocycles. The number of furan rings is 1. The van der Waals surface area contributed by atoms with Crippen LogP contribution >= 0.6 is 0 Å². The molecule has 3 nitrogen and oxygen atoms in total. The highest BCUT2D eigenvalue weighted by Crippen LogP contribution is 2.15. The zero-order chi connectivity index (χ0) is 7.56. The van der Waals surface area contributed by atoms with Crippen LogP contribution in [0.1, 0.15) is 17.4 Å². The normalized spacial score (nSPS) is 13.5. The van der Waals surface area contributed by atoms with Crippen LogP contribution in [0.2, 0.25) is 0 Å². The van der Waals surface area contributed by atoms with E-state index in [0.717, 1.165) is 5.56 Å². The average molecular weight is 141 g/mol. The molecule has 0 radical (unpaired) electrons. The van der Waals surface area contributed by atoms with Crippen molar-refractivity contribution in [3.05, 3.63) is 23.7 Å². The summed E-state index contributed by atoms with van der Waals surface area (Å²) in [5.41, 5.74) is 6.48. The highest BCUT2D eigenvalue weighted by molar-refractivity contribution is 5.17. The van der Waals surface area contributed by atoms with Crippen LogP contribution in [-0.2, 0) is 0 Å². The largest absolute Gasteiger partial charge is 0.467 e. The Morgan fingerprint density at radius 2 is 2.50 bits per heavy atom. The summed E-state index contributed by atoms with van der Waals surface area (Å²) in [6, 6.07) is 1.44. The minimum absolute atomic E-state index is 0.0750. The lowest BCUT2D eigenvalue weighted by Crippen LogP contribution is -2.14. The predicted molar refractivity (Wildman–Crippen MR) is 37.5 cm³/mol. The average Bonchev–Trinajstić information content (AvgIpc) is 2.34. The summed E-state index contributed by atoms with van der Waals surface area (Å²) in [6.07, 6.45) is 1.57. The van der Waals surface area contributed by atoms with Crippen molar-refractivity contribution in [2.24, 2.45) is 5.73 Å². The molecule has 3 N–H and O–H groups in total. The second-order valence-corrected chi connectivity index (χ2v) is 2.26. The van der Waals surface area contributed by atoms with Gasteiger partial charge in [-0.1, -0.05) is 0 Å². The Morgan fingerprint density at radius 3 is 2.90 bits per heavy atom. The van der Waals surface area contributed by atoms with E-state index in [1.54, 1.807) is 6.26 Å². The van der Waals surface area contributed by atoms with Gasteiger partial charge in [0, 0.05) is 0 Å². The molecule has 1 rings (SSSR count). The van der Waals surface area contributed by atoms with Gasteiger partial charge in [-0.25, -0.2) is 0 Å². The molecule has 1 atom stereocenters. The fourth-order valence-electron chi connectivity index (χ4n) is 0.847. The zero-order valence-corrected chi connectivity index (χ0v) is 5.87. The lowest BCUT2D eigenvalue weighted by atomic mass is 10.2. The Kier molecular flexibility index (Phi) is 2.09. The Morgan fingerprint density at radius 1 is 1.80 bits per heavy atom. The Labute approximate surface area is 59.5 Å². The molecule has 0 spiro atoms. The molecule has 3 heteroatoms. The van der Waals surface area contributed by atoms with Crippen molar-refractivity contribution in [3.8, 4) is 0 Å². The molecule has 0 bridgehead atoms. The van der Waals surface area contributed by atoms with Gasteiger partial charge in [0.05, 0.1) is 18.9 Å². The second kappa shape index (κ2) is 2.86. The molecule has 0 aliphatic carbocycles. The van der Waals surface area contributed by atoms with Crippen molar-refractivity contribution in [3.63, 3.8) is 0 Å². The first-order valence-corrected chi connectivity index (χ1v) is 3.16. The van der Waals surface area contributed by atoms with Crippen LogP contribution in [0.4, 0.5) is 0 Å². The molecule has 1 heterocycles. The lowest BCUT2D eigenvalue weighted by molar-refractivity contribution is 0.251. The molecule has 1 aromatic heterocycles. The third kappa shape index (κ3) is 1.20. The fourth-order valence-corrected chi connectivity index (χ4v) is 0.847. The first-order valence-electron chi connectivity index (χ1n) is 3.16.